The van der Waals surface area contributed by atoms with Crippen molar-refractivity contribution in [3.05, 3.63) is 59.4 Å². The van der Waals surface area contributed by atoms with Gasteiger partial charge in [-0.15, -0.1) is 0 Å². The molecule has 0 heterocycles. The minimum absolute atomic E-state index is 0.542. The van der Waals surface area contributed by atoms with Gasteiger partial charge >= 0.3 is 0 Å². The molecular formula is C17H16F4. The summed E-state index contributed by atoms with van der Waals surface area (Å²) in [5, 5.41) is 0. The van der Waals surface area contributed by atoms with E-state index in [1.165, 1.54) is 11.6 Å². The Morgan fingerprint density at radius 3 is 2.05 bits per heavy atom. The molecule has 4 heteroatoms. The standard InChI is InChI=1S/C17H16F4/c1-2-3-11-4-6-12(7-5-11)13-8-9-14(15(18)10-13)16(19)17(20)21/h4-10,16-17H,2-3H2,1H3. The first-order valence-electron chi connectivity index (χ1n) is 6.84. The number of aryl methyl sites for hydroxylation is 1. The third-order valence-corrected chi connectivity index (χ3v) is 3.34. The van der Waals surface area contributed by atoms with Crippen LogP contribution in [0.2, 0.25) is 0 Å². The van der Waals surface area contributed by atoms with Gasteiger partial charge in [0.15, 0.2) is 6.17 Å². The number of halogens is 4. The molecular weight excluding hydrogens is 280 g/mol. The third-order valence-electron chi connectivity index (χ3n) is 3.34. The van der Waals surface area contributed by atoms with E-state index in [0.29, 0.717) is 5.56 Å². The van der Waals surface area contributed by atoms with E-state index in [-0.39, 0.29) is 0 Å². The molecule has 112 valence electrons. The lowest BCUT2D eigenvalue weighted by Gasteiger charge is -2.10. The zero-order chi connectivity index (χ0) is 15.4. The quantitative estimate of drug-likeness (QED) is 0.619. The Morgan fingerprint density at radius 2 is 1.52 bits per heavy atom. The monoisotopic (exact) mass is 296 g/mol. The Balaban J connectivity index is 2.27. The molecule has 0 aromatic heterocycles. The summed E-state index contributed by atoms with van der Waals surface area (Å²) >= 11 is 0. The SMILES string of the molecule is CCCc1ccc(-c2ccc(C(F)C(F)F)c(F)c2)cc1. The van der Waals surface area contributed by atoms with E-state index in [2.05, 4.69) is 6.92 Å². The van der Waals surface area contributed by atoms with Gasteiger partial charge in [0, 0.05) is 5.56 Å². The van der Waals surface area contributed by atoms with Crippen molar-refractivity contribution in [2.75, 3.05) is 0 Å². The first-order chi connectivity index (χ1) is 10.0. The molecule has 0 amide bonds. The molecule has 0 bridgehead atoms. The maximum atomic E-state index is 13.8. The van der Waals surface area contributed by atoms with Crippen LogP contribution in [0.4, 0.5) is 17.6 Å². The van der Waals surface area contributed by atoms with Gasteiger partial charge in [-0.3, -0.25) is 0 Å². The zero-order valence-electron chi connectivity index (χ0n) is 11.6. The van der Waals surface area contributed by atoms with Gasteiger partial charge in [0.05, 0.1) is 0 Å². The fourth-order valence-corrected chi connectivity index (χ4v) is 2.22. The highest BCUT2D eigenvalue weighted by atomic mass is 19.3. The van der Waals surface area contributed by atoms with Crippen molar-refractivity contribution < 1.29 is 17.6 Å². The fourth-order valence-electron chi connectivity index (χ4n) is 2.22. The van der Waals surface area contributed by atoms with Crippen molar-refractivity contribution >= 4 is 0 Å². The molecule has 0 aliphatic heterocycles. The van der Waals surface area contributed by atoms with Gasteiger partial charge in [0.25, 0.3) is 6.43 Å². The van der Waals surface area contributed by atoms with Crippen LogP contribution in [0.5, 0.6) is 0 Å². The molecule has 0 radical (unpaired) electrons. The van der Waals surface area contributed by atoms with Crippen LogP contribution in [-0.2, 0) is 6.42 Å². The van der Waals surface area contributed by atoms with Crippen LogP contribution in [0.1, 0.15) is 30.6 Å². The molecule has 0 aliphatic carbocycles. The van der Waals surface area contributed by atoms with Crippen LogP contribution in [0, 0.1) is 5.82 Å². The van der Waals surface area contributed by atoms with Crippen molar-refractivity contribution in [2.45, 2.75) is 32.4 Å². The smallest absolute Gasteiger partial charge is 0.236 e. The first kappa shape index (κ1) is 15.5. The summed E-state index contributed by atoms with van der Waals surface area (Å²) in [6, 6.07) is 11.2. The molecule has 0 spiro atoms. The number of hydrogen-bond acceptors (Lipinski definition) is 0. The summed E-state index contributed by atoms with van der Waals surface area (Å²) in [5.74, 6) is -0.946. The van der Waals surface area contributed by atoms with Gasteiger partial charge < -0.3 is 0 Å². The normalized spacial score (nSPS) is 12.7. The second-order valence-electron chi connectivity index (χ2n) is 4.92. The van der Waals surface area contributed by atoms with E-state index >= 15 is 0 Å². The topological polar surface area (TPSA) is 0 Å². The summed E-state index contributed by atoms with van der Waals surface area (Å²) in [6.07, 6.45) is -3.82. The van der Waals surface area contributed by atoms with E-state index in [4.69, 9.17) is 0 Å². The van der Waals surface area contributed by atoms with Gasteiger partial charge in [-0.05, 0) is 29.2 Å². The summed E-state index contributed by atoms with van der Waals surface area (Å²) in [6.45, 7) is 2.08. The average molecular weight is 296 g/mol. The lowest BCUT2D eigenvalue weighted by Crippen LogP contribution is -2.05. The summed E-state index contributed by atoms with van der Waals surface area (Å²) < 4.78 is 51.6. The Bertz CT molecular complexity index is 590. The second-order valence-corrected chi connectivity index (χ2v) is 4.92. The highest BCUT2D eigenvalue weighted by molar-refractivity contribution is 5.64. The summed E-state index contributed by atoms with van der Waals surface area (Å²) in [4.78, 5) is 0. The van der Waals surface area contributed by atoms with Crippen molar-refractivity contribution in [3.8, 4) is 11.1 Å². The van der Waals surface area contributed by atoms with E-state index in [1.54, 1.807) is 0 Å². The van der Waals surface area contributed by atoms with Crippen molar-refractivity contribution in [3.63, 3.8) is 0 Å². The highest BCUT2D eigenvalue weighted by Gasteiger charge is 2.24. The second kappa shape index (κ2) is 6.74. The van der Waals surface area contributed by atoms with E-state index in [9.17, 15) is 17.6 Å². The number of rotatable bonds is 5. The maximum absolute atomic E-state index is 13.8. The minimum atomic E-state index is -3.22. The molecule has 0 fully saturated rings. The molecule has 1 atom stereocenters. The highest BCUT2D eigenvalue weighted by Crippen LogP contribution is 2.30. The molecule has 21 heavy (non-hydrogen) atoms. The number of alkyl halides is 3. The van der Waals surface area contributed by atoms with Crippen molar-refractivity contribution in [1.29, 1.82) is 0 Å². The summed E-state index contributed by atoms with van der Waals surface area (Å²) in [5.41, 5.74) is 1.89. The van der Waals surface area contributed by atoms with Crippen molar-refractivity contribution in [1.82, 2.24) is 0 Å². The molecule has 2 aromatic rings. The number of hydrogen-bond donors (Lipinski definition) is 0. The molecule has 0 saturated heterocycles. The molecule has 1 unspecified atom stereocenters. The van der Waals surface area contributed by atoms with Crippen LogP contribution < -0.4 is 0 Å². The largest absolute Gasteiger partial charge is 0.273 e. The summed E-state index contributed by atoms with van der Waals surface area (Å²) in [7, 11) is 0. The Labute approximate surface area is 121 Å². The van der Waals surface area contributed by atoms with Gasteiger partial charge in [0.2, 0.25) is 0 Å². The zero-order valence-corrected chi connectivity index (χ0v) is 11.6. The fraction of sp³-hybridized carbons (Fsp3) is 0.294. The predicted molar refractivity (Wildman–Crippen MR) is 75.7 cm³/mol. The maximum Gasteiger partial charge on any atom is 0.273 e. The molecule has 0 saturated carbocycles. The van der Waals surface area contributed by atoms with E-state index in [0.717, 1.165) is 30.5 Å². The van der Waals surface area contributed by atoms with Crippen LogP contribution in [0.3, 0.4) is 0 Å². The Kier molecular flexibility index (Phi) is 4.99. The minimum Gasteiger partial charge on any atom is -0.236 e. The Morgan fingerprint density at radius 1 is 0.905 bits per heavy atom. The molecule has 2 aromatic carbocycles. The van der Waals surface area contributed by atoms with Gasteiger partial charge in [0.1, 0.15) is 5.82 Å². The van der Waals surface area contributed by atoms with Crippen LogP contribution in [-0.4, -0.2) is 6.43 Å². The third kappa shape index (κ3) is 3.63. The van der Waals surface area contributed by atoms with Crippen molar-refractivity contribution in [2.24, 2.45) is 0 Å². The van der Waals surface area contributed by atoms with Gasteiger partial charge in [-0.25, -0.2) is 17.6 Å². The van der Waals surface area contributed by atoms with E-state index < -0.39 is 24.0 Å². The number of benzene rings is 2. The van der Waals surface area contributed by atoms with E-state index in [1.807, 2.05) is 24.3 Å². The molecule has 0 nitrogen and oxygen atoms in total. The van der Waals surface area contributed by atoms with Crippen LogP contribution in [0.25, 0.3) is 11.1 Å². The lowest BCUT2D eigenvalue weighted by atomic mass is 10.00. The van der Waals surface area contributed by atoms with Crippen LogP contribution in [0.15, 0.2) is 42.5 Å². The van der Waals surface area contributed by atoms with Gasteiger partial charge in [-0.1, -0.05) is 49.7 Å². The molecule has 0 N–H and O–H groups in total. The van der Waals surface area contributed by atoms with Gasteiger partial charge in [-0.2, -0.15) is 0 Å². The van der Waals surface area contributed by atoms with Crippen LogP contribution >= 0.6 is 0 Å². The molecule has 2 rings (SSSR count). The average Bonchev–Trinajstić information content (AvgIpc) is 2.47. The molecule has 0 aliphatic rings. The first-order valence-corrected chi connectivity index (χ1v) is 6.84. The Hall–Kier alpha value is -1.84. The lowest BCUT2D eigenvalue weighted by molar-refractivity contribution is 0.0476. The predicted octanol–water partition coefficient (Wildman–Crippen LogP) is 5.72.